The topological polar surface area (TPSA) is 57.6 Å². The van der Waals surface area contributed by atoms with Crippen LogP contribution in [0.4, 0.5) is 0 Å². The molecule has 0 aromatic carbocycles. The normalized spacial score (nSPS) is 42.1. The third-order valence-electron chi connectivity index (χ3n) is 6.18. The van der Waals surface area contributed by atoms with E-state index in [0.29, 0.717) is 24.4 Å². The van der Waals surface area contributed by atoms with Crippen LogP contribution in [0.2, 0.25) is 0 Å². The summed E-state index contributed by atoms with van der Waals surface area (Å²) in [6, 6.07) is 0.336. The molecule has 110 valence electrons. The number of carbonyl (C=O) groups excluding carboxylic acids is 1. The van der Waals surface area contributed by atoms with E-state index in [0.717, 1.165) is 24.7 Å². The fourth-order valence-electron chi connectivity index (χ4n) is 5.03. The smallest absolute Gasteiger partial charge is 0.308 e. The maximum absolute atomic E-state index is 12.8. The van der Waals surface area contributed by atoms with Crippen molar-refractivity contribution >= 4 is 11.9 Å². The summed E-state index contributed by atoms with van der Waals surface area (Å²) in [5.41, 5.74) is 0. The first-order valence-electron chi connectivity index (χ1n) is 8.11. The Morgan fingerprint density at radius 2 is 1.75 bits per heavy atom. The lowest BCUT2D eigenvalue weighted by Crippen LogP contribution is -2.40. The highest BCUT2D eigenvalue weighted by atomic mass is 16.4. The van der Waals surface area contributed by atoms with E-state index in [2.05, 4.69) is 0 Å². The second kappa shape index (κ2) is 4.22. The lowest BCUT2D eigenvalue weighted by Gasteiger charge is -2.25. The van der Waals surface area contributed by atoms with Crippen molar-refractivity contribution in [3.63, 3.8) is 0 Å². The zero-order chi connectivity index (χ0) is 14.0. The lowest BCUT2D eigenvalue weighted by molar-refractivity contribution is -0.143. The molecule has 5 atom stereocenters. The molecule has 5 unspecified atom stereocenters. The van der Waals surface area contributed by atoms with Crippen LogP contribution in [0.5, 0.6) is 0 Å². The average molecular weight is 277 g/mol. The molecule has 0 saturated heterocycles. The van der Waals surface area contributed by atoms with Gasteiger partial charge in [-0.25, -0.2) is 0 Å². The summed E-state index contributed by atoms with van der Waals surface area (Å²) in [6.45, 7) is 2.12. The number of carboxylic acids is 1. The molecular formula is C16H23NO3. The number of aliphatic carboxylic acids is 1. The number of hydrogen-bond donors (Lipinski definition) is 1. The van der Waals surface area contributed by atoms with Gasteiger partial charge < -0.3 is 10.0 Å². The van der Waals surface area contributed by atoms with Gasteiger partial charge in [0, 0.05) is 18.5 Å². The van der Waals surface area contributed by atoms with Crippen LogP contribution < -0.4 is 0 Å². The first-order chi connectivity index (χ1) is 9.58. The van der Waals surface area contributed by atoms with Crippen molar-refractivity contribution in [2.24, 2.45) is 35.5 Å². The largest absolute Gasteiger partial charge is 0.481 e. The molecule has 20 heavy (non-hydrogen) atoms. The summed E-state index contributed by atoms with van der Waals surface area (Å²) in [5.74, 6) is 2.21. The minimum atomic E-state index is -0.792. The molecule has 4 fully saturated rings. The van der Waals surface area contributed by atoms with Crippen LogP contribution in [-0.4, -0.2) is 34.5 Å². The summed E-state index contributed by atoms with van der Waals surface area (Å²) in [6.07, 6.45) is 6.13. The Labute approximate surface area is 119 Å². The van der Waals surface area contributed by atoms with Gasteiger partial charge in [-0.15, -0.1) is 0 Å². The van der Waals surface area contributed by atoms with E-state index in [1.165, 1.54) is 19.3 Å². The van der Waals surface area contributed by atoms with Crippen molar-refractivity contribution in [1.82, 2.24) is 4.90 Å². The molecular weight excluding hydrogens is 254 g/mol. The molecule has 2 bridgehead atoms. The van der Waals surface area contributed by atoms with Crippen molar-refractivity contribution in [3.8, 4) is 0 Å². The third kappa shape index (κ3) is 1.80. The molecule has 0 heterocycles. The first kappa shape index (κ1) is 12.7. The highest BCUT2D eigenvalue weighted by molar-refractivity contribution is 5.84. The summed E-state index contributed by atoms with van der Waals surface area (Å²) in [4.78, 5) is 25.8. The maximum Gasteiger partial charge on any atom is 0.308 e. The van der Waals surface area contributed by atoms with Crippen molar-refractivity contribution in [2.75, 3.05) is 6.54 Å². The Balaban J connectivity index is 1.45. The Hall–Kier alpha value is -1.06. The van der Waals surface area contributed by atoms with Crippen LogP contribution in [0.25, 0.3) is 0 Å². The van der Waals surface area contributed by atoms with Gasteiger partial charge in [-0.05, 0) is 55.8 Å². The molecule has 4 heteroatoms. The molecule has 0 spiro atoms. The zero-order valence-electron chi connectivity index (χ0n) is 12.0. The molecule has 4 rings (SSSR count). The van der Waals surface area contributed by atoms with Crippen molar-refractivity contribution in [2.45, 2.75) is 45.1 Å². The second-order valence-electron chi connectivity index (χ2n) is 7.47. The number of rotatable bonds is 5. The Morgan fingerprint density at radius 1 is 1.15 bits per heavy atom. The molecule has 1 amide bonds. The van der Waals surface area contributed by atoms with Gasteiger partial charge in [-0.3, -0.25) is 9.59 Å². The fourth-order valence-corrected chi connectivity index (χ4v) is 5.03. The van der Waals surface area contributed by atoms with Crippen molar-refractivity contribution in [1.29, 1.82) is 0 Å². The van der Waals surface area contributed by atoms with Crippen LogP contribution in [0, 0.1) is 35.5 Å². The molecule has 4 saturated carbocycles. The number of fused-ring (bicyclic) bond motifs is 5. The van der Waals surface area contributed by atoms with Crippen molar-refractivity contribution < 1.29 is 14.7 Å². The van der Waals surface area contributed by atoms with Gasteiger partial charge >= 0.3 is 5.97 Å². The van der Waals surface area contributed by atoms with E-state index in [9.17, 15) is 9.59 Å². The molecule has 0 aromatic heterocycles. The van der Waals surface area contributed by atoms with Crippen LogP contribution in [-0.2, 0) is 9.59 Å². The number of nitrogens with zero attached hydrogens (tertiary/aromatic N) is 1. The summed E-state index contributed by atoms with van der Waals surface area (Å²) in [5, 5.41) is 9.09. The van der Waals surface area contributed by atoms with Gasteiger partial charge in [0.05, 0.1) is 5.92 Å². The molecule has 4 aliphatic carbocycles. The molecule has 0 radical (unpaired) electrons. The van der Waals surface area contributed by atoms with Gasteiger partial charge in [0.1, 0.15) is 0 Å². The number of carboxylic acid groups (broad SMARTS) is 1. The average Bonchev–Trinajstić information content (AvgIpc) is 3.32. The first-order valence-corrected chi connectivity index (χ1v) is 8.11. The van der Waals surface area contributed by atoms with Gasteiger partial charge in [0.25, 0.3) is 0 Å². The summed E-state index contributed by atoms with van der Waals surface area (Å²) >= 11 is 0. The number of amides is 1. The lowest BCUT2D eigenvalue weighted by atomic mass is 10.0. The van der Waals surface area contributed by atoms with Crippen LogP contribution in [0.1, 0.15) is 39.0 Å². The minimum Gasteiger partial charge on any atom is -0.481 e. The predicted molar refractivity (Wildman–Crippen MR) is 72.8 cm³/mol. The van der Waals surface area contributed by atoms with Gasteiger partial charge in [-0.1, -0.05) is 6.92 Å². The van der Waals surface area contributed by atoms with E-state index in [4.69, 9.17) is 5.11 Å². The SMILES string of the molecule is CC(CN(C(=O)C1C2C3CCC(C3)C12)C1CC1)C(=O)O. The van der Waals surface area contributed by atoms with Gasteiger partial charge in [0.2, 0.25) is 5.91 Å². The van der Waals surface area contributed by atoms with Crippen molar-refractivity contribution in [3.05, 3.63) is 0 Å². The van der Waals surface area contributed by atoms with Crippen LogP contribution in [0.3, 0.4) is 0 Å². The van der Waals surface area contributed by atoms with E-state index >= 15 is 0 Å². The quantitative estimate of drug-likeness (QED) is 0.836. The Kier molecular flexibility index (Phi) is 2.67. The zero-order valence-corrected chi connectivity index (χ0v) is 12.0. The van der Waals surface area contributed by atoms with Gasteiger partial charge in [0.15, 0.2) is 0 Å². The van der Waals surface area contributed by atoms with E-state index in [1.54, 1.807) is 6.92 Å². The minimum absolute atomic E-state index is 0.253. The van der Waals surface area contributed by atoms with Crippen LogP contribution >= 0.6 is 0 Å². The van der Waals surface area contributed by atoms with E-state index < -0.39 is 11.9 Å². The standard InChI is InChI=1S/C16H23NO3/c1-8(16(19)20)7-17(11-4-5-11)15(18)14-12-9-2-3-10(6-9)13(12)14/h8-14H,2-7H2,1H3,(H,19,20). The van der Waals surface area contributed by atoms with Crippen LogP contribution in [0.15, 0.2) is 0 Å². The van der Waals surface area contributed by atoms with Gasteiger partial charge in [-0.2, -0.15) is 0 Å². The molecule has 0 aliphatic heterocycles. The number of hydrogen-bond acceptors (Lipinski definition) is 2. The molecule has 1 N–H and O–H groups in total. The van der Waals surface area contributed by atoms with E-state index in [-0.39, 0.29) is 11.8 Å². The summed E-state index contributed by atoms with van der Waals surface area (Å²) < 4.78 is 0. The highest BCUT2D eigenvalue weighted by Gasteiger charge is 2.68. The Bertz CT molecular complexity index is 443. The molecule has 4 nitrogen and oxygen atoms in total. The molecule has 0 aromatic rings. The fraction of sp³-hybridized carbons (Fsp3) is 0.875. The summed E-state index contributed by atoms with van der Waals surface area (Å²) in [7, 11) is 0. The highest BCUT2D eigenvalue weighted by Crippen LogP contribution is 2.69. The predicted octanol–water partition coefficient (Wildman–Crippen LogP) is 1.99. The Morgan fingerprint density at radius 3 is 2.25 bits per heavy atom. The van der Waals surface area contributed by atoms with E-state index in [1.807, 2.05) is 4.90 Å². The maximum atomic E-state index is 12.8. The number of carbonyl (C=O) groups is 2. The molecule has 4 aliphatic rings. The monoisotopic (exact) mass is 277 g/mol. The third-order valence-corrected chi connectivity index (χ3v) is 6.18. The second-order valence-corrected chi connectivity index (χ2v) is 7.47.